The van der Waals surface area contributed by atoms with Gasteiger partial charge in [-0.05, 0) is 18.2 Å². The van der Waals surface area contributed by atoms with Crippen molar-refractivity contribution in [2.24, 2.45) is 5.10 Å². The molecule has 0 aliphatic rings. The molecule has 0 aromatic heterocycles. The van der Waals surface area contributed by atoms with Crippen LogP contribution in [0.3, 0.4) is 0 Å². The van der Waals surface area contributed by atoms with Crippen LogP contribution >= 0.6 is 11.6 Å². The number of carbonyl (C=O) groups is 2. The van der Waals surface area contributed by atoms with Crippen LogP contribution in [0.2, 0.25) is 5.02 Å². The zero-order chi connectivity index (χ0) is 19.8. The van der Waals surface area contributed by atoms with E-state index < -0.39 is 5.91 Å². The highest BCUT2D eigenvalue weighted by molar-refractivity contribution is 6.31. The Morgan fingerprint density at radius 2 is 1.36 bits per heavy atom. The van der Waals surface area contributed by atoms with Gasteiger partial charge >= 0.3 is 0 Å². The minimum atomic E-state index is -0.431. The summed E-state index contributed by atoms with van der Waals surface area (Å²) in [5.74, 6) is -0.812. The van der Waals surface area contributed by atoms with Crippen LogP contribution in [0.4, 0.5) is 0 Å². The molecule has 0 fully saturated rings. The second-order valence-electron chi connectivity index (χ2n) is 5.92. The lowest BCUT2D eigenvalue weighted by molar-refractivity contribution is -0.120. The van der Waals surface area contributed by atoms with Gasteiger partial charge in [0.1, 0.15) is 0 Å². The molecule has 3 rings (SSSR count). The lowest BCUT2D eigenvalue weighted by Crippen LogP contribution is -2.35. The van der Waals surface area contributed by atoms with Crippen LogP contribution in [0.15, 0.2) is 90.0 Å². The molecule has 0 aliphatic carbocycles. The van der Waals surface area contributed by atoms with E-state index in [0.29, 0.717) is 16.3 Å². The van der Waals surface area contributed by atoms with Crippen molar-refractivity contribution in [2.75, 3.05) is 6.54 Å². The predicted octanol–water partition coefficient (Wildman–Crippen LogP) is 3.64. The molecule has 0 spiro atoms. The first-order valence-corrected chi connectivity index (χ1v) is 9.02. The average Bonchev–Trinajstić information content (AvgIpc) is 2.73. The number of nitrogens with one attached hydrogen (secondary N) is 2. The first-order chi connectivity index (χ1) is 13.6. The summed E-state index contributed by atoms with van der Waals surface area (Å²) in [5.41, 5.74) is 5.27. The topological polar surface area (TPSA) is 70.6 Å². The van der Waals surface area contributed by atoms with Gasteiger partial charge in [-0.15, -0.1) is 0 Å². The fourth-order valence-corrected chi connectivity index (χ4v) is 2.73. The van der Waals surface area contributed by atoms with Gasteiger partial charge in [-0.25, -0.2) is 5.43 Å². The van der Waals surface area contributed by atoms with Gasteiger partial charge < -0.3 is 5.32 Å². The highest BCUT2D eigenvalue weighted by atomic mass is 35.5. The predicted molar refractivity (Wildman–Crippen MR) is 110 cm³/mol. The van der Waals surface area contributed by atoms with Crippen LogP contribution in [0.25, 0.3) is 0 Å². The van der Waals surface area contributed by atoms with Gasteiger partial charge in [0, 0.05) is 21.7 Å². The normalized spacial score (nSPS) is 10.0. The number of rotatable bonds is 6. The summed E-state index contributed by atoms with van der Waals surface area (Å²) in [6.45, 7) is -0.203. The summed E-state index contributed by atoms with van der Waals surface area (Å²) in [7, 11) is 0. The third-order valence-corrected chi connectivity index (χ3v) is 4.12. The second-order valence-corrected chi connectivity index (χ2v) is 6.36. The highest BCUT2D eigenvalue weighted by Crippen LogP contribution is 2.11. The molecule has 140 valence electrons. The molecule has 28 heavy (non-hydrogen) atoms. The van der Waals surface area contributed by atoms with Crippen LogP contribution in [0, 0.1) is 0 Å². The number of benzene rings is 3. The fourth-order valence-electron chi connectivity index (χ4n) is 2.54. The van der Waals surface area contributed by atoms with Gasteiger partial charge in [-0.1, -0.05) is 78.3 Å². The molecule has 2 amide bonds. The summed E-state index contributed by atoms with van der Waals surface area (Å²) < 4.78 is 0. The maximum Gasteiger partial charge on any atom is 0.259 e. The molecule has 5 nitrogen and oxygen atoms in total. The molecule has 0 radical (unpaired) electrons. The van der Waals surface area contributed by atoms with E-state index in [-0.39, 0.29) is 12.5 Å². The molecule has 0 unspecified atom stereocenters. The van der Waals surface area contributed by atoms with Crippen LogP contribution in [-0.2, 0) is 4.79 Å². The van der Waals surface area contributed by atoms with Crippen LogP contribution in [-0.4, -0.2) is 24.1 Å². The molecule has 0 heterocycles. The molecule has 0 atom stereocenters. The van der Waals surface area contributed by atoms with E-state index in [9.17, 15) is 9.59 Å². The van der Waals surface area contributed by atoms with Crippen LogP contribution in [0.5, 0.6) is 0 Å². The molecule has 6 heteroatoms. The van der Waals surface area contributed by atoms with Crippen LogP contribution in [0.1, 0.15) is 21.5 Å². The van der Waals surface area contributed by atoms with E-state index in [2.05, 4.69) is 15.8 Å². The van der Waals surface area contributed by atoms with Crippen molar-refractivity contribution in [3.63, 3.8) is 0 Å². The number of nitrogens with zero attached hydrogens (tertiary/aromatic N) is 1. The van der Waals surface area contributed by atoms with E-state index in [1.54, 1.807) is 18.2 Å². The maximum atomic E-state index is 12.2. The van der Waals surface area contributed by atoms with Crippen molar-refractivity contribution in [3.8, 4) is 0 Å². The van der Waals surface area contributed by atoms with E-state index in [1.807, 2.05) is 60.7 Å². The summed E-state index contributed by atoms with van der Waals surface area (Å²) in [4.78, 5) is 24.3. The van der Waals surface area contributed by atoms with Gasteiger partial charge in [0.05, 0.1) is 12.3 Å². The first-order valence-electron chi connectivity index (χ1n) is 8.64. The molecule has 0 saturated carbocycles. The molecule has 0 bridgehead atoms. The average molecular weight is 392 g/mol. The van der Waals surface area contributed by atoms with Gasteiger partial charge in [0.2, 0.25) is 0 Å². The lowest BCUT2D eigenvalue weighted by atomic mass is 10.0. The van der Waals surface area contributed by atoms with E-state index >= 15 is 0 Å². The quantitative estimate of drug-likeness (QED) is 0.497. The zero-order valence-corrected chi connectivity index (χ0v) is 15.7. The minimum Gasteiger partial charge on any atom is -0.343 e. The lowest BCUT2D eigenvalue weighted by Gasteiger charge is -2.08. The fraction of sp³-hybridized carbons (Fsp3) is 0.0455. The Balaban J connectivity index is 1.67. The zero-order valence-electron chi connectivity index (χ0n) is 14.9. The molecule has 3 aromatic carbocycles. The first kappa shape index (κ1) is 19.3. The third-order valence-electron chi connectivity index (χ3n) is 3.88. The summed E-state index contributed by atoms with van der Waals surface area (Å²) in [5, 5.41) is 7.28. The summed E-state index contributed by atoms with van der Waals surface area (Å²) in [6, 6.07) is 25.6. The van der Waals surface area contributed by atoms with Crippen molar-refractivity contribution < 1.29 is 9.59 Å². The molecule has 3 aromatic rings. The van der Waals surface area contributed by atoms with Crippen molar-refractivity contribution in [1.29, 1.82) is 0 Å². The number of hydrogen-bond donors (Lipinski definition) is 2. The second kappa shape index (κ2) is 9.48. The van der Waals surface area contributed by atoms with E-state index in [0.717, 1.165) is 11.1 Å². The molecule has 0 aliphatic heterocycles. The Morgan fingerprint density at radius 1 is 0.786 bits per heavy atom. The molecular formula is C22H18ClN3O2. The molecule has 2 N–H and O–H groups in total. The number of amides is 2. The third kappa shape index (κ3) is 5.28. The SMILES string of the molecule is O=C(CNC(=O)c1cccc(Cl)c1)NN=C(c1ccccc1)c1ccccc1. The Hall–Kier alpha value is -3.44. The van der Waals surface area contributed by atoms with Gasteiger partial charge in [-0.3, -0.25) is 9.59 Å². The largest absolute Gasteiger partial charge is 0.343 e. The van der Waals surface area contributed by atoms with Gasteiger partial charge in [-0.2, -0.15) is 5.10 Å². The molecular weight excluding hydrogens is 374 g/mol. The minimum absolute atomic E-state index is 0.203. The Morgan fingerprint density at radius 3 is 1.93 bits per heavy atom. The van der Waals surface area contributed by atoms with Crippen molar-refractivity contribution >= 4 is 29.1 Å². The van der Waals surface area contributed by atoms with Gasteiger partial charge in [0.15, 0.2) is 0 Å². The molecule has 0 saturated heterocycles. The van der Waals surface area contributed by atoms with Crippen molar-refractivity contribution in [3.05, 3.63) is 107 Å². The Labute approximate surface area is 168 Å². The van der Waals surface area contributed by atoms with E-state index in [4.69, 9.17) is 11.6 Å². The van der Waals surface area contributed by atoms with Crippen molar-refractivity contribution in [2.45, 2.75) is 0 Å². The number of halogens is 1. The summed E-state index contributed by atoms with van der Waals surface area (Å²) in [6.07, 6.45) is 0. The van der Waals surface area contributed by atoms with E-state index in [1.165, 1.54) is 6.07 Å². The highest BCUT2D eigenvalue weighted by Gasteiger charge is 2.10. The summed E-state index contributed by atoms with van der Waals surface area (Å²) >= 11 is 5.88. The Kier molecular flexibility index (Phi) is 6.54. The van der Waals surface area contributed by atoms with Crippen molar-refractivity contribution in [1.82, 2.24) is 10.7 Å². The smallest absolute Gasteiger partial charge is 0.259 e. The van der Waals surface area contributed by atoms with Gasteiger partial charge in [0.25, 0.3) is 11.8 Å². The maximum absolute atomic E-state index is 12.2. The monoisotopic (exact) mass is 391 g/mol. The standard InChI is InChI=1S/C22H18ClN3O2/c23-19-13-7-12-18(14-19)22(28)24-15-20(27)25-26-21(16-8-3-1-4-9-16)17-10-5-2-6-11-17/h1-14H,15H2,(H,24,28)(H,25,27). The number of hydrogen-bond acceptors (Lipinski definition) is 3. The Bertz CT molecular complexity index is 947. The number of hydrazone groups is 1. The van der Waals surface area contributed by atoms with Crippen LogP contribution < -0.4 is 10.7 Å². The number of carbonyl (C=O) groups excluding carboxylic acids is 2.